The van der Waals surface area contributed by atoms with Gasteiger partial charge in [0, 0.05) is 0 Å². The molecule has 0 spiro atoms. The lowest BCUT2D eigenvalue weighted by Crippen LogP contribution is -2.50. The lowest BCUT2D eigenvalue weighted by Gasteiger charge is -2.31. The van der Waals surface area contributed by atoms with Crippen molar-refractivity contribution in [3.8, 4) is 0 Å². The van der Waals surface area contributed by atoms with Gasteiger partial charge in [0.1, 0.15) is 17.9 Å². The van der Waals surface area contributed by atoms with Gasteiger partial charge in [0.25, 0.3) is 0 Å². The predicted octanol–water partition coefficient (Wildman–Crippen LogP) is -1.25. The summed E-state index contributed by atoms with van der Waals surface area (Å²) in [5.41, 5.74) is 9.36. The van der Waals surface area contributed by atoms with Crippen LogP contribution >= 0.6 is 7.82 Å². The maximum absolute atomic E-state index is 15.1. The standard InChI is InChI=1S/C11H18FN6O6P/c1-11(12)6(19)4(2-23-25(20,21)22)24-9(11)18-3-15-5-7(13)16-10(14)17-8(5)18/h4,6,9,15,19H,2-3H2,1H3,(H2,20,21,22)(H4,13,14,16,17)/t4-,6?,9-,11?/m1/s1. The number of ether oxygens (including phenoxy) is 1. The Morgan fingerprint density at radius 2 is 2.20 bits per heavy atom. The zero-order chi connectivity index (χ0) is 18.6. The van der Waals surface area contributed by atoms with E-state index < -0.39 is 38.5 Å². The molecule has 2 aliphatic heterocycles. The summed E-state index contributed by atoms with van der Waals surface area (Å²) in [6.07, 6.45) is -4.31. The zero-order valence-corrected chi connectivity index (χ0v) is 13.9. The largest absolute Gasteiger partial charge is 0.469 e. The van der Waals surface area contributed by atoms with Gasteiger partial charge < -0.3 is 41.3 Å². The van der Waals surface area contributed by atoms with E-state index in [4.69, 9.17) is 26.0 Å². The summed E-state index contributed by atoms with van der Waals surface area (Å²) in [5.74, 6) is 0.151. The van der Waals surface area contributed by atoms with Crippen LogP contribution in [0.1, 0.15) is 6.92 Å². The molecule has 0 radical (unpaired) electrons. The number of fused-ring (bicyclic) bond motifs is 1. The maximum Gasteiger partial charge on any atom is 0.469 e. The van der Waals surface area contributed by atoms with Crippen LogP contribution in [-0.4, -0.2) is 62.2 Å². The van der Waals surface area contributed by atoms with Crippen LogP contribution < -0.4 is 21.7 Å². The van der Waals surface area contributed by atoms with Crippen molar-refractivity contribution in [1.82, 2.24) is 9.97 Å². The Kier molecular flexibility index (Phi) is 4.26. The number of alkyl halides is 1. The number of phosphoric ester groups is 1. The van der Waals surface area contributed by atoms with Crippen LogP contribution in [0.4, 0.5) is 27.7 Å². The molecule has 0 aromatic carbocycles. The Morgan fingerprint density at radius 1 is 1.52 bits per heavy atom. The summed E-state index contributed by atoms with van der Waals surface area (Å²) in [6.45, 7) is 0.468. The normalized spacial score (nSPS) is 31.9. The predicted molar refractivity (Wildman–Crippen MR) is 84.0 cm³/mol. The van der Waals surface area contributed by atoms with Gasteiger partial charge >= 0.3 is 7.82 Å². The molecule has 14 heteroatoms. The van der Waals surface area contributed by atoms with E-state index in [2.05, 4.69) is 19.8 Å². The third-order valence-corrected chi connectivity index (χ3v) is 4.53. The van der Waals surface area contributed by atoms with E-state index in [0.29, 0.717) is 5.69 Å². The Bertz CT molecular complexity index is 731. The molecule has 12 nitrogen and oxygen atoms in total. The van der Waals surface area contributed by atoms with Crippen molar-refractivity contribution in [3.63, 3.8) is 0 Å². The fraction of sp³-hybridized carbons (Fsp3) is 0.636. The van der Waals surface area contributed by atoms with E-state index in [-0.39, 0.29) is 24.3 Å². The number of nitrogen functional groups attached to an aromatic ring is 2. The number of hydrogen-bond acceptors (Lipinski definition) is 10. The molecule has 0 bridgehead atoms. The molecule has 140 valence electrons. The van der Waals surface area contributed by atoms with Crippen LogP contribution in [0.3, 0.4) is 0 Å². The Labute approximate surface area is 141 Å². The van der Waals surface area contributed by atoms with Crippen molar-refractivity contribution in [2.45, 2.75) is 31.0 Å². The highest BCUT2D eigenvalue weighted by molar-refractivity contribution is 7.46. The minimum absolute atomic E-state index is 0.0562. The highest BCUT2D eigenvalue weighted by Gasteiger charge is 2.57. The smallest absolute Gasteiger partial charge is 0.387 e. The molecule has 1 fully saturated rings. The van der Waals surface area contributed by atoms with Gasteiger partial charge in [-0.25, -0.2) is 8.96 Å². The van der Waals surface area contributed by atoms with E-state index in [1.54, 1.807) is 0 Å². The van der Waals surface area contributed by atoms with Crippen LogP contribution in [0.2, 0.25) is 0 Å². The first-order valence-corrected chi connectivity index (χ1v) is 8.70. The zero-order valence-electron chi connectivity index (χ0n) is 13.0. The van der Waals surface area contributed by atoms with Gasteiger partial charge in [-0.05, 0) is 6.92 Å². The minimum Gasteiger partial charge on any atom is -0.387 e. The van der Waals surface area contributed by atoms with E-state index in [1.807, 2.05) is 0 Å². The quantitative estimate of drug-likeness (QED) is 0.341. The molecular weight excluding hydrogens is 362 g/mol. The number of hydrogen-bond donors (Lipinski definition) is 6. The molecule has 0 saturated carbocycles. The number of nitrogens with one attached hydrogen (secondary N) is 1. The van der Waals surface area contributed by atoms with Crippen molar-refractivity contribution in [2.75, 3.05) is 35.0 Å². The van der Waals surface area contributed by atoms with E-state index in [0.717, 1.165) is 6.92 Å². The molecule has 3 heterocycles. The summed E-state index contributed by atoms with van der Waals surface area (Å²) in [6, 6.07) is 0. The molecule has 0 amide bonds. The molecule has 1 saturated heterocycles. The molecule has 3 rings (SSSR count). The number of nitrogens with two attached hydrogens (primary N) is 2. The van der Waals surface area contributed by atoms with Crippen molar-refractivity contribution in [1.29, 1.82) is 0 Å². The Morgan fingerprint density at radius 3 is 2.84 bits per heavy atom. The lowest BCUT2D eigenvalue weighted by atomic mass is 9.98. The van der Waals surface area contributed by atoms with Gasteiger partial charge in [0.15, 0.2) is 23.5 Å². The maximum atomic E-state index is 15.1. The molecule has 2 aliphatic rings. The number of aliphatic hydroxyl groups is 1. The summed E-state index contributed by atoms with van der Waals surface area (Å²) in [4.78, 5) is 26.7. The molecule has 2 unspecified atom stereocenters. The monoisotopic (exact) mass is 380 g/mol. The van der Waals surface area contributed by atoms with E-state index in [1.165, 1.54) is 4.90 Å². The Balaban J connectivity index is 1.85. The fourth-order valence-electron chi connectivity index (χ4n) is 2.86. The summed E-state index contributed by atoms with van der Waals surface area (Å²) >= 11 is 0. The number of anilines is 4. The molecule has 1 aromatic heterocycles. The minimum atomic E-state index is -4.79. The van der Waals surface area contributed by atoms with Crippen LogP contribution in [0.15, 0.2) is 0 Å². The summed E-state index contributed by atoms with van der Waals surface area (Å²) in [7, 11) is -4.79. The van der Waals surface area contributed by atoms with Gasteiger partial charge in [0.2, 0.25) is 5.95 Å². The van der Waals surface area contributed by atoms with Crippen LogP contribution in [0, 0.1) is 0 Å². The third-order valence-electron chi connectivity index (χ3n) is 4.04. The lowest BCUT2D eigenvalue weighted by molar-refractivity contribution is -0.0217. The number of aliphatic hydroxyl groups excluding tert-OH is 1. The van der Waals surface area contributed by atoms with Crippen LogP contribution in [0.25, 0.3) is 0 Å². The van der Waals surface area contributed by atoms with Crippen molar-refractivity contribution in [3.05, 3.63) is 0 Å². The second-order valence-corrected chi connectivity index (χ2v) is 7.12. The molecule has 25 heavy (non-hydrogen) atoms. The third kappa shape index (κ3) is 3.21. The van der Waals surface area contributed by atoms with Gasteiger partial charge in [-0.2, -0.15) is 9.97 Å². The van der Waals surface area contributed by atoms with Crippen molar-refractivity contribution >= 4 is 31.1 Å². The topological polar surface area (TPSA) is 189 Å². The summed E-state index contributed by atoms with van der Waals surface area (Å²) < 4.78 is 35.7. The number of phosphoric acid groups is 1. The first-order chi connectivity index (χ1) is 11.5. The first-order valence-electron chi connectivity index (χ1n) is 7.16. The molecule has 0 aliphatic carbocycles. The highest BCUT2D eigenvalue weighted by Crippen LogP contribution is 2.44. The highest BCUT2D eigenvalue weighted by atomic mass is 31.2. The summed E-state index contributed by atoms with van der Waals surface area (Å²) in [5, 5.41) is 13.0. The average molecular weight is 380 g/mol. The number of nitrogens with zero attached hydrogens (tertiary/aromatic N) is 3. The Hall–Kier alpha value is -1.76. The molecule has 1 aromatic rings. The van der Waals surface area contributed by atoms with E-state index >= 15 is 4.39 Å². The van der Waals surface area contributed by atoms with E-state index in [9.17, 15) is 9.67 Å². The number of halogens is 1. The van der Waals surface area contributed by atoms with Gasteiger partial charge in [-0.1, -0.05) is 0 Å². The van der Waals surface area contributed by atoms with Crippen LogP contribution in [0.5, 0.6) is 0 Å². The fourth-order valence-corrected chi connectivity index (χ4v) is 3.20. The molecule has 8 N–H and O–H groups in total. The molecular formula is C11H18FN6O6P. The second-order valence-electron chi connectivity index (χ2n) is 5.88. The van der Waals surface area contributed by atoms with Crippen LogP contribution in [-0.2, 0) is 13.8 Å². The second kappa shape index (κ2) is 5.90. The van der Waals surface area contributed by atoms with Crippen molar-refractivity contribution < 1.29 is 33.1 Å². The van der Waals surface area contributed by atoms with Gasteiger partial charge in [0.05, 0.1) is 13.3 Å². The van der Waals surface area contributed by atoms with Gasteiger partial charge in [-0.15, -0.1) is 0 Å². The number of rotatable bonds is 4. The number of aromatic nitrogens is 2. The van der Waals surface area contributed by atoms with Crippen molar-refractivity contribution in [2.24, 2.45) is 0 Å². The van der Waals surface area contributed by atoms with Gasteiger partial charge in [-0.3, -0.25) is 4.52 Å². The SMILES string of the molecule is CC1(F)C(O)[C@@H](COP(=O)(O)O)O[C@H]1N1CNc2c(N)nc(N)nc21. The first kappa shape index (κ1) is 18.0. The molecule has 4 atom stereocenters. The average Bonchev–Trinajstić information content (AvgIpc) is 2.97.